The normalized spacial score (nSPS) is 11.1. The third kappa shape index (κ3) is 4.18. The average molecular weight is 439 g/mol. The molecule has 0 saturated carbocycles. The van der Waals surface area contributed by atoms with Gasteiger partial charge in [0.15, 0.2) is 0 Å². The van der Waals surface area contributed by atoms with Gasteiger partial charge >= 0.3 is 5.69 Å². The minimum absolute atomic E-state index is 0.193. The number of amides is 1. The monoisotopic (exact) mass is 439 g/mol. The van der Waals surface area contributed by atoms with Crippen molar-refractivity contribution >= 4 is 22.6 Å². The molecule has 0 aliphatic rings. The van der Waals surface area contributed by atoms with E-state index in [0.29, 0.717) is 23.3 Å². The zero-order valence-electron chi connectivity index (χ0n) is 17.9. The van der Waals surface area contributed by atoms with Crippen LogP contribution in [-0.4, -0.2) is 25.1 Å². The zero-order valence-corrected chi connectivity index (χ0v) is 17.9. The van der Waals surface area contributed by atoms with Crippen LogP contribution in [-0.2, 0) is 17.9 Å². The fourth-order valence-corrected chi connectivity index (χ4v) is 3.55. The average Bonchev–Trinajstić information content (AvgIpc) is 3.16. The molecule has 5 rings (SSSR count). The lowest BCUT2D eigenvalue weighted by Gasteiger charge is -2.07. The van der Waals surface area contributed by atoms with E-state index in [0.717, 1.165) is 15.8 Å². The van der Waals surface area contributed by atoms with E-state index in [2.05, 4.69) is 15.4 Å². The molecular weight excluding hydrogens is 418 g/mol. The van der Waals surface area contributed by atoms with Crippen LogP contribution in [0.2, 0.25) is 0 Å². The Morgan fingerprint density at radius 3 is 2.48 bits per heavy atom. The van der Waals surface area contributed by atoms with Gasteiger partial charge in [0.1, 0.15) is 12.3 Å². The Labute approximate surface area is 189 Å². The second-order valence-corrected chi connectivity index (χ2v) is 7.68. The van der Waals surface area contributed by atoms with Crippen LogP contribution in [0.3, 0.4) is 0 Å². The smallest absolute Gasteiger partial charge is 0.351 e. The Morgan fingerprint density at radius 2 is 1.70 bits per heavy atom. The molecule has 0 aliphatic carbocycles. The molecule has 8 heteroatoms. The highest BCUT2D eigenvalue weighted by atomic mass is 16.5. The SMILES string of the molecule is Cc1ccc(Oc2nc3ccccc3n3c(=O)n(CC(=O)NCc4ccccc4)nc23)cc1. The molecule has 33 heavy (non-hydrogen) atoms. The van der Waals surface area contributed by atoms with Gasteiger partial charge < -0.3 is 10.1 Å². The van der Waals surface area contributed by atoms with Gasteiger partial charge in [0, 0.05) is 6.54 Å². The van der Waals surface area contributed by atoms with Crippen molar-refractivity contribution in [2.24, 2.45) is 0 Å². The van der Waals surface area contributed by atoms with Crippen molar-refractivity contribution in [3.63, 3.8) is 0 Å². The Kier molecular flexibility index (Phi) is 5.32. The van der Waals surface area contributed by atoms with Gasteiger partial charge in [-0.2, -0.15) is 0 Å². The first-order valence-electron chi connectivity index (χ1n) is 10.5. The van der Waals surface area contributed by atoms with E-state index in [1.807, 2.05) is 73.7 Å². The summed E-state index contributed by atoms with van der Waals surface area (Å²) in [6, 6.07) is 24.3. The lowest BCUT2D eigenvalue weighted by molar-refractivity contribution is -0.122. The van der Waals surface area contributed by atoms with Crippen molar-refractivity contribution < 1.29 is 9.53 Å². The number of nitrogens with one attached hydrogen (secondary N) is 1. The number of fused-ring (bicyclic) bond motifs is 3. The van der Waals surface area contributed by atoms with Crippen molar-refractivity contribution in [1.29, 1.82) is 0 Å². The summed E-state index contributed by atoms with van der Waals surface area (Å²) in [6.45, 7) is 2.14. The topological polar surface area (TPSA) is 90.5 Å². The largest absolute Gasteiger partial charge is 0.436 e. The second-order valence-electron chi connectivity index (χ2n) is 7.68. The highest BCUT2D eigenvalue weighted by Gasteiger charge is 2.19. The number of hydrogen-bond acceptors (Lipinski definition) is 5. The quantitative estimate of drug-likeness (QED) is 0.438. The molecule has 0 fully saturated rings. The summed E-state index contributed by atoms with van der Waals surface area (Å²) in [5.41, 5.74) is 3.05. The van der Waals surface area contributed by atoms with Gasteiger partial charge in [-0.15, -0.1) is 5.10 Å². The highest BCUT2D eigenvalue weighted by molar-refractivity contribution is 5.80. The molecule has 1 N–H and O–H groups in total. The molecule has 1 amide bonds. The maximum absolute atomic E-state index is 13.2. The first kappa shape index (κ1) is 20.4. The predicted molar refractivity (Wildman–Crippen MR) is 124 cm³/mol. The number of benzene rings is 3. The molecule has 0 atom stereocenters. The van der Waals surface area contributed by atoms with Crippen LogP contribution in [0.1, 0.15) is 11.1 Å². The second kappa shape index (κ2) is 8.58. The summed E-state index contributed by atoms with van der Waals surface area (Å²) in [5, 5.41) is 7.21. The van der Waals surface area contributed by atoms with Gasteiger partial charge in [-0.1, -0.05) is 60.2 Å². The number of nitrogens with zero attached hydrogens (tertiary/aromatic N) is 4. The van der Waals surface area contributed by atoms with E-state index >= 15 is 0 Å². The van der Waals surface area contributed by atoms with Crippen molar-refractivity contribution in [2.45, 2.75) is 20.0 Å². The number of carbonyl (C=O) groups excluding carboxylic acids is 1. The molecule has 3 aromatic carbocycles. The van der Waals surface area contributed by atoms with Gasteiger partial charge in [-0.25, -0.2) is 18.9 Å². The van der Waals surface area contributed by atoms with E-state index in [9.17, 15) is 9.59 Å². The molecule has 164 valence electrons. The zero-order chi connectivity index (χ0) is 22.8. The van der Waals surface area contributed by atoms with Crippen LogP contribution in [0.25, 0.3) is 16.7 Å². The summed E-state index contributed by atoms with van der Waals surface area (Å²) in [4.78, 5) is 30.3. The molecule has 5 aromatic rings. The summed E-state index contributed by atoms with van der Waals surface area (Å²) in [6.07, 6.45) is 0. The standard InChI is InChI=1S/C25H21N5O3/c1-17-11-13-19(14-12-17)33-24-23-28-29(16-22(31)26-15-18-7-3-2-4-8-18)25(32)30(23)21-10-6-5-9-20(21)27-24/h2-14H,15-16H2,1H3,(H,26,31). The molecule has 0 saturated heterocycles. The molecule has 0 radical (unpaired) electrons. The van der Waals surface area contributed by atoms with Crippen LogP contribution in [0.5, 0.6) is 11.6 Å². The summed E-state index contributed by atoms with van der Waals surface area (Å²) >= 11 is 0. The lowest BCUT2D eigenvalue weighted by Crippen LogP contribution is -2.32. The minimum atomic E-state index is -0.438. The number of ether oxygens (including phenoxy) is 1. The summed E-state index contributed by atoms with van der Waals surface area (Å²) < 4.78 is 8.54. The number of aryl methyl sites for hydroxylation is 1. The number of aromatic nitrogens is 4. The predicted octanol–water partition coefficient (Wildman–Crippen LogP) is 3.46. The van der Waals surface area contributed by atoms with Crippen LogP contribution < -0.4 is 15.7 Å². The van der Waals surface area contributed by atoms with Crippen molar-refractivity contribution in [3.05, 3.63) is 100 Å². The van der Waals surface area contributed by atoms with Gasteiger partial charge in [0.05, 0.1) is 11.0 Å². The first-order chi connectivity index (χ1) is 16.1. The van der Waals surface area contributed by atoms with E-state index in [1.54, 1.807) is 12.1 Å². The van der Waals surface area contributed by atoms with Gasteiger partial charge in [0.2, 0.25) is 11.6 Å². The highest BCUT2D eigenvalue weighted by Crippen LogP contribution is 2.26. The van der Waals surface area contributed by atoms with Crippen LogP contribution in [0.4, 0.5) is 0 Å². The van der Waals surface area contributed by atoms with Crippen molar-refractivity contribution in [1.82, 2.24) is 24.5 Å². The lowest BCUT2D eigenvalue weighted by atomic mass is 10.2. The summed E-state index contributed by atoms with van der Waals surface area (Å²) in [7, 11) is 0. The minimum Gasteiger partial charge on any atom is -0.436 e. The Morgan fingerprint density at radius 1 is 0.970 bits per heavy atom. The van der Waals surface area contributed by atoms with Crippen LogP contribution in [0, 0.1) is 6.92 Å². The van der Waals surface area contributed by atoms with E-state index in [4.69, 9.17) is 4.74 Å². The Balaban J connectivity index is 1.50. The number of carbonyl (C=O) groups is 1. The molecule has 0 unspecified atom stereocenters. The number of para-hydroxylation sites is 2. The van der Waals surface area contributed by atoms with E-state index in [1.165, 1.54) is 4.40 Å². The van der Waals surface area contributed by atoms with Gasteiger partial charge in [0.25, 0.3) is 5.88 Å². The molecule has 0 bridgehead atoms. The van der Waals surface area contributed by atoms with E-state index < -0.39 is 5.69 Å². The molecule has 0 spiro atoms. The maximum atomic E-state index is 13.2. The molecule has 8 nitrogen and oxygen atoms in total. The molecule has 2 heterocycles. The summed E-state index contributed by atoms with van der Waals surface area (Å²) in [5.74, 6) is 0.452. The molecular formula is C25H21N5O3. The number of hydrogen-bond donors (Lipinski definition) is 1. The van der Waals surface area contributed by atoms with E-state index in [-0.39, 0.29) is 24.0 Å². The third-order valence-corrected chi connectivity index (χ3v) is 5.24. The fourth-order valence-electron chi connectivity index (χ4n) is 3.55. The van der Waals surface area contributed by atoms with Gasteiger partial charge in [-0.05, 0) is 36.8 Å². The third-order valence-electron chi connectivity index (χ3n) is 5.24. The molecule has 0 aliphatic heterocycles. The Hall–Kier alpha value is -4.46. The number of rotatable bonds is 6. The fraction of sp³-hybridized carbons (Fsp3) is 0.120. The first-order valence-corrected chi connectivity index (χ1v) is 10.5. The van der Waals surface area contributed by atoms with Gasteiger partial charge in [-0.3, -0.25) is 4.79 Å². The Bertz CT molecular complexity index is 1500. The molecule has 2 aromatic heterocycles. The van der Waals surface area contributed by atoms with Crippen molar-refractivity contribution in [3.8, 4) is 11.6 Å². The van der Waals surface area contributed by atoms with Crippen LogP contribution in [0.15, 0.2) is 83.7 Å². The van der Waals surface area contributed by atoms with Crippen molar-refractivity contribution in [2.75, 3.05) is 0 Å². The van der Waals surface area contributed by atoms with Crippen LogP contribution >= 0.6 is 0 Å². The maximum Gasteiger partial charge on any atom is 0.351 e.